The zero-order chi connectivity index (χ0) is 29.8. The summed E-state index contributed by atoms with van der Waals surface area (Å²) in [6, 6.07) is 17.2. The van der Waals surface area contributed by atoms with E-state index in [1.54, 1.807) is 67.3 Å². The zero-order valence-electron chi connectivity index (χ0n) is 23.0. The number of hydrogen-bond donors (Lipinski definition) is 2. The standard InChI is InChI=1S/C30H34FN3O7/c1-3-40-28(29(35)36)19-23-9-14-26(15-10-23)41-18-17-33(16-4-5-22-7-11-24(31)12-8-22)30(37)32-25-13-6-21(2)27(20-25)34(38)39/h6-15,20,28H,3-5,16-19H2,1-2H3,(H,32,37)(H,35,36). The third-order valence-corrected chi connectivity index (χ3v) is 6.37. The molecule has 41 heavy (non-hydrogen) atoms. The average Bonchev–Trinajstić information content (AvgIpc) is 2.94. The van der Waals surface area contributed by atoms with E-state index in [0.717, 1.165) is 11.1 Å². The van der Waals surface area contributed by atoms with Crippen molar-refractivity contribution < 1.29 is 33.5 Å². The summed E-state index contributed by atoms with van der Waals surface area (Å²) in [7, 11) is 0. The number of carboxylic acids is 1. The number of rotatable bonds is 15. The van der Waals surface area contributed by atoms with Gasteiger partial charge in [-0.25, -0.2) is 14.0 Å². The fourth-order valence-electron chi connectivity index (χ4n) is 4.15. The lowest BCUT2D eigenvalue weighted by Crippen LogP contribution is -2.38. The highest BCUT2D eigenvalue weighted by Crippen LogP contribution is 2.23. The van der Waals surface area contributed by atoms with Crippen LogP contribution in [0.5, 0.6) is 5.75 Å². The lowest BCUT2D eigenvalue weighted by molar-refractivity contribution is -0.385. The zero-order valence-corrected chi connectivity index (χ0v) is 23.0. The maximum Gasteiger partial charge on any atom is 0.333 e. The summed E-state index contributed by atoms with van der Waals surface area (Å²) in [5, 5.41) is 23.3. The number of urea groups is 1. The number of hydrogen-bond acceptors (Lipinski definition) is 6. The van der Waals surface area contributed by atoms with Crippen molar-refractivity contribution in [2.24, 2.45) is 0 Å². The maximum atomic E-state index is 13.2. The van der Waals surface area contributed by atoms with E-state index in [2.05, 4.69) is 5.32 Å². The van der Waals surface area contributed by atoms with Gasteiger partial charge in [0.15, 0.2) is 6.10 Å². The van der Waals surface area contributed by atoms with Crippen LogP contribution in [0.1, 0.15) is 30.0 Å². The lowest BCUT2D eigenvalue weighted by Gasteiger charge is -2.23. The number of halogens is 1. The first-order valence-corrected chi connectivity index (χ1v) is 13.3. The lowest BCUT2D eigenvalue weighted by atomic mass is 10.1. The Bertz CT molecular complexity index is 1320. The second kappa shape index (κ2) is 15.3. The molecule has 2 N–H and O–H groups in total. The molecule has 0 saturated carbocycles. The average molecular weight is 568 g/mol. The minimum atomic E-state index is -1.02. The summed E-state index contributed by atoms with van der Waals surface area (Å²) >= 11 is 0. The second-order valence-corrected chi connectivity index (χ2v) is 9.38. The Morgan fingerprint density at radius 2 is 1.73 bits per heavy atom. The van der Waals surface area contributed by atoms with Crippen LogP contribution in [0.25, 0.3) is 0 Å². The third-order valence-electron chi connectivity index (χ3n) is 6.37. The van der Waals surface area contributed by atoms with Crippen molar-refractivity contribution in [2.75, 3.05) is 31.6 Å². The van der Waals surface area contributed by atoms with Crippen LogP contribution in [0.15, 0.2) is 66.7 Å². The van der Waals surface area contributed by atoms with Gasteiger partial charge in [0.25, 0.3) is 5.69 Å². The van der Waals surface area contributed by atoms with Crippen LogP contribution in [0.2, 0.25) is 0 Å². The van der Waals surface area contributed by atoms with Crippen LogP contribution in [0.3, 0.4) is 0 Å². The summed E-state index contributed by atoms with van der Waals surface area (Å²) in [5.41, 5.74) is 2.42. The number of nitro benzene ring substituents is 1. The molecule has 0 aliphatic carbocycles. The first kappa shape index (κ1) is 31.0. The van der Waals surface area contributed by atoms with Crippen molar-refractivity contribution in [3.63, 3.8) is 0 Å². The highest BCUT2D eigenvalue weighted by molar-refractivity contribution is 5.89. The Labute approximate surface area is 237 Å². The Morgan fingerprint density at radius 3 is 2.37 bits per heavy atom. The van der Waals surface area contributed by atoms with Crippen LogP contribution < -0.4 is 10.1 Å². The minimum Gasteiger partial charge on any atom is -0.492 e. The number of aryl methyl sites for hydroxylation is 2. The Kier molecular flexibility index (Phi) is 11.6. The quantitative estimate of drug-likeness (QED) is 0.180. The molecule has 10 nitrogen and oxygen atoms in total. The predicted octanol–water partition coefficient (Wildman–Crippen LogP) is 5.62. The van der Waals surface area contributed by atoms with Gasteiger partial charge in [-0.3, -0.25) is 10.1 Å². The first-order chi connectivity index (χ1) is 19.7. The molecule has 0 aliphatic rings. The van der Waals surface area contributed by atoms with Gasteiger partial charge < -0.3 is 24.8 Å². The number of nitro groups is 1. The Morgan fingerprint density at radius 1 is 1.05 bits per heavy atom. The van der Waals surface area contributed by atoms with E-state index in [1.807, 2.05) is 0 Å². The number of benzene rings is 3. The van der Waals surface area contributed by atoms with Gasteiger partial charge in [0.2, 0.25) is 0 Å². The van der Waals surface area contributed by atoms with Crippen molar-refractivity contribution in [1.29, 1.82) is 0 Å². The monoisotopic (exact) mass is 567 g/mol. The normalized spacial score (nSPS) is 11.5. The van der Waals surface area contributed by atoms with Gasteiger partial charge in [-0.15, -0.1) is 0 Å². The minimum absolute atomic E-state index is 0.0895. The fourth-order valence-corrected chi connectivity index (χ4v) is 4.15. The molecule has 0 radical (unpaired) electrons. The molecule has 0 fully saturated rings. The first-order valence-electron chi connectivity index (χ1n) is 13.3. The number of ether oxygens (including phenoxy) is 2. The van der Waals surface area contributed by atoms with E-state index in [9.17, 15) is 29.2 Å². The van der Waals surface area contributed by atoms with Gasteiger partial charge in [0, 0.05) is 36.9 Å². The van der Waals surface area contributed by atoms with Crippen LogP contribution in [-0.4, -0.2) is 59.3 Å². The summed E-state index contributed by atoms with van der Waals surface area (Å²) in [5.74, 6) is -0.786. The topological polar surface area (TPSA) is 131 Å². The van der Waals surface area contributed by atoms with E-state index in [0.29, 0.717) is 43.0 Å². The maximum absolute atomic E-state index is 13.2. The molecule has 3 rings (SSSR count). The van der Waals surface area contributed by atoms with Crippen molar-refractivity contribution in [3.05, 3.63) is 99.4 Å². The van der Waals surface area contributed by atoms with Gasteiger partial charge in [-0.1, -0.05) is 30.3 Å². The molecule has 0 spiro atoms. The number of aliphatic carboxylic acids is 1. The van der Waals surface area contributed by atoms with E-state index in [-0.39, 0.29) is 31.1 Å². The van der Waals surface area contributed by atoms with Crippen molar-refractivity contribution in [2.45, 2.75) is 39.2 Å². The van der Waals surface area contributed by atoms with E-state index in [4.69, 9.17) is 9.47 Å². The number of amides is 2. The smallest absolute Gasteiger partial charge is 0.333 e. The molecule has 3 aromatic carbocycles. The number of carbonyl (C=O) groups excluding carboxylic acids is 1. The van der Waals surface area contributed by atoms with Crippen LogP contribution >= 0.6 is 0 Å². The summed E-state index contributed by atoms with van der Waals surface area (Å²) < 4.78 is 24.3. The number of nitrogens with one attached hydrogen (secondary N) is 1. The van der Waals surface area contributed by atoms with E-state index < -0.39 is 23.0 Å². The highest BCUT2D eigenvalue weighted by Gasteiger charge is 2.19. The molecule has 1 unspecified atom stereocenters. The fraction of sp³-hybridized carbons (Fsp3) is 0.333. The molecule has 1 atom stereocenters. The van der Waals surface area contributed by atoms with E-state index >= 15 is 0 Å². The predicted molar refractivity (Wildman–Crippen MR) is 152 cm³/mol. The molecule has 0 heterocycles. The number of nitrogens with zero attached hydrogens (tertiary/aromatic N) is 2. The van der Waals surface area contributed by atoms with Gasteiger partial charge >= 0.3 is 12.0 Å². The largest absolute Gasteiger partial charge is 0.492 e. The Balaban J connectivity index is 1.62. The molecular weight excluding hydrogens is 533 g/mol. The highest BCUT2D eigenvalue weighted by atomic mass is 19.1. The van der Waals surface area contributed by atoms with Gasteiger partial charge in [0.05, 0.1) is 11.5 Å². The molecule has 0 aromatic heterocycles. The Hall–Kier alpha value is -4.51. The van der Waals surface area contributed by atoms with Crippen LogP contribution in [0, 0.1) is 22.9 Å². The molecule has 2 amide bonds. The van der Waals surface area contributed by atoms with Gasteiger partial charge in [-0.05, 0) is 68.1 Å². The van der Waals surface area contributed by atoms with Crippen molar-refractivity contribution >= 4 is 23.4 Å². The number of carbonyl (C=O) groups is 2. The van der Waals surface area contributed by atoms with Gasteiger partial charge in [-0.2, -0.15) is 0 Å². The summed E-state index contributed by atoms with van der Waals surface area (Å²) in [6.07, 6.45) is 0.528. The second-order valence-electron chi connectivity index (χ2n) is 9.38. The molecule has 11 heteroatoms. The molecule has 0 aliphatic heterocycles. The molecule has 3 aromatic rings. The van der Waals surface area contributed by atoms with Crippen LogP contribution in [0.4, 0.5) is 20.6 Å². The summed E-state index contributed by atoms with van der Waals surface area (Å²) in [6.45, 7) is 4.44. The van der Waals surface area contributed by atoms with Crippen LogP contribution in [-0.2, 0) is 22.4 Å². The molecule has 218 valence electrons. The molecular formula is C30H34FN3O7. The number of anilines is 1. The number of carboxylic acid groups (broad SMARTS) is 1. The molecule has 0 saturated heterocycles. The third kappa shape index (κ3) is 9.87. The van der Waals surface area contributed by atoms with Crippen molar-refractivity contribution in [3.8, 4) is 5.75 Å². The van der Waals surface area contributed by atoms with E-state index in [1.165, 1.54) is 18.2 Å². The molecule has 0 bridgehead atoms. The summed E-state index contributed by atoms with van der Waals surface area (Å²) in [4.78, 5) is 36.8. The van der Waals surface area contributed by atoms with Gasteiger partial charge in [0.1, 0.15) is 18.2 Å². The SMILES string of the molecule is CCOC(Cc1ccc(OCCN(CCCc2ccc(F)cc2)C(=O)Nc2ccc(C)c([N+](=O)[O-])c2)cc1)C(=O)O. The van der Waals surface area contributed by atoms with Crippen molar-refractivity contribution in [1.82, 2.24) is 4.90 Å².